The lowest BCUT2D eigenvalue weighted by Crippen LogP contribution is -2.57. The lowest BCUT2D eigenvalue weighted by molar-refractivity contribution is -0.138. The summed E-state index contributed by atoms with van der Waals surface area (Å²) in [6, 6.07) is 4.13. The topological polar surface area (TPSA) is 238 Å². The Morgan fingerprint density at radius 3 is 2.39 bits per heavy atom. The highest BCUT2D eigenvalue weighted by Gasteiger charge is 2.29. The van der Waals surface area contributed by atoms with E-state index in [2.05, 4.69) is 30.9 Å². The third kappa shape index (κ3) is 7.89. The van der Waals surface area contributed by atoms with E-state index in [4.69, 9.17) is 16.6 Å². The first-order valence-electron chi connectivity index (χ1n) is 11.8. The van der Waals surface area contributed by atoms with Gasteiger partial charge in [0, 0.05) is 41.8 Å². The van der Waals surface area contributed by atoms with Gasteiger partial charge in [-0.15, -0.1) is 0 Å². The van der Waals surface area contributed by atoms with Crippen molar-refractivity contribution in [1.29, 1.82) is 0 Å². The Morgan fingerprint density at radius 1 is 0.974 bits per heavy atom. The van der Waals surface area contributed by atoms with E-state index in [9.17, 15) is 24.0 Å². The number of carboxylic acid groups (broad SMARTS) is 1. The van der Waals surface area contributed by atoms with Crippen molar-refractivity contribution < 1.29 is 29.1 Å². The SMILES string of the molecule is NC(=O)CCC(NC(=O)C(Cc1cnc[nH]1)NC(=O)C(N)Cc1c[nH]c2ccccc12)C(=O)NCC(=O)O. The molecular formula is C24H30N8O6. The monoisotopic (exact) mass is 526 g/mol. The molecule has 14 heteroatoms. The number of para-hydroxylation sites is 1. The molecule has 2 aromatic heterocycles. The standard InChI is InChI=1S/C24H30N8O6/c25-16(7-13-9-28-17-4-2-1-3-15(13)17)22(36)32-19(8-14-10-27-12-30-14)24(38)31-18(5-6-20(26)33)23(37)29-11-21(34)35/h1-4,9-10,12,16,18-19,28H,5-8,11,25H2,(H2,26,33)(H,27,30)(H,29,37)(H,31,38)(H,32,36)(H,34,35). The number of nitrogens with two attached hydrogens (primary N) is 2. The van der Waals surface area contributed by atoms with E-state index in [1.54, 1.807) is 6.20 Å². The van der Waals surface area contributed by atoms with Gasteiger partial charge >= 0.3 is 5.97 Å². The summed E-state index contributed by atoms with van der Waals surface area (Å²) in [7, 11) is 0. The molecule has 4 amide bonds. The third-order valence-electron chi connectivity index (χ3n) is 5.79. The lowest BCUT2D eigenvalue weighted by atomic mass is 10.0. The van der Waals surface area contributed by atoms with Crippen molar-refractivity contribution in [2.24, 2.45) is 11.5 Å². The van der Waals surface area contributed by atoms with Crippen LogP contribution in [0.5, 0.6) is 0 Å². The molecule has 0 aliphatic carbocycles. The normalized spacial score (nSPS) is 13.3. The van der Waals surface area contributed by atoms with Crippen molar-refractivity contribution in [3.63, 3.8) is 0 Å². The molecule has 3 atom stereocenters. The van der Waals surface area contributed by atoms with Crippen LogP contribution in [0.1, 0.15) is 24.1 Å². The molecule has 0 spiro atoms. The molecule has 0 aliphatic heterocycles. The van der Waals surface area contributed by atoms with Crippen molar-refractivity contribution in [3.05, 3.63) is 54.2 Å². The van der Waals surface area contributed by atoms with E-state index >= 15 is 0 Å². The van der Waals surface area contributed by atoms with Gasteiger partial charge in [0.15, 0.2) is 0 Å². The van der Waals surface area contributed by atoms with Crippen molar-refractivity contribution in [3.8, 4) is 0 Å². The highest BCUT2D eigenvalue weighted by molar-refractivity contribution is 5.94. The minimum Gasteiger partial charge on any atom is -0.480 e. The maximum atomic E-state index is 13.2. The molecule has 0 bridgehead atoms. The van der Waals surface area contributed by atoms with Crippen LogP contribution in [0.2, 0.25) is 0 Å². The molecule has 2 heterocycles. The molecule has 3 unspecified atom stereocenters. The van der Waals surface area contributed by atoms with Gasteiger partial charge in [0.25, 0.3) is 0 Å². The number of carbonyl (C=O) groups is 5. The molecule has 0 radical (unpaired) electrons. The number of aromatic amines is 2. The number of hydrogen-bond donors (Lipinski definition) is 8. The van der Waals surface area contributed by atoms with Crippen LogP contribution < -0.4 is 27.4 Å². The molecule has 3 aromatic rings. The van der Waals surface area contributed by atoms with Gasteiger partial charge in [-0.3, -0.25) is 24.0 Å². The second-order valence-corrected chi connectivity index (χ2v) is 8.69. The molecular weight excluding hydrogens is 496 g/mol. The Labute approximate surface area is 216 Å². The van der Waals surface area contributed by atoms with E-state index in [-0.39, 0.29) is 25.7 Å². The van der Waals surface area contributed by atoms with Crippen molar-refractivity contribution in [2.45, 2.75) is 43.8 Å². The van der Waals surface area contributed by atoms with Crippen LogP contribution in [-0.4, -0.2) is 74.3 Å². The first-order valence-corrected chi connectivity index (χ1v) is 11.8. The summed E-state index contributed by atoms with van der Waals surface area (Å²) in [4.78, 5) is 70.6. The molecule has 202 valence electrons. The summed E-state index contributed by atoms with van der Waals surface area (Å²) in [5.74, 6) is -4.15. The molecule has 1 aromatic carbocycles. The van der Waals surface area contributed by atoms with Crippen molar-refractivity contribution in [2.75, 3.05) is 6.54 Å². The number of fused-ring (bicyclic) bond motifs is 1. The highest BCUT2D eigenvalue weighted by Crippen LogP contribution is 2.18. The van der Waals surface area contributed by atoms with Gasteiger partial charge in [-0.1, -0.05) is 18.2 Å². The first-order chi connectivity index (χ1) is 18.1. The molecule has 0 saturated carbocycles. The molecule has 10 N–H and O–H groups in total. The summed E-state index contributed by atoms with van der Waals surface area (Å²) >= 11 is 0. The van der Waals surface area contributed by atoms with Crippen LogP contribution in [0.15, 0.2) is 43.0 Å². The maximum absolute atomic E-state index is 13.2. The Kier molecular flexibility index (Phi) is 9.54. The number of carboxylic acids is 1. The Balaban J connectivity index is 1.72. The minimum absolute atomic E-state index is 0.00331. The van der Waals surface area contributed by atoms with Crippen LogP contribution in [0, 0.1) is 0 Å². The molecule has 3 rings (SSSR count). The number of carbonyl (C=O) groups excluding carboxylic acids is 4. The molecule has 14 nitrogen and oxygen atoms in total. The van der Waals surface area contributed by atoms with Gasteiger partial charge in [0.2, 0.25) is 23.6 Å². The number of aliphatic carboxylic acids is 1. The molecule has 0 saturated heterocycles. The van der Waals surface area contributed by atoms with E-state index in [1.165, 1.54) is 12.5 Å². The minimum atomic E-state index is -1.29. The van der Waals surface area contributed by atoms with Crippen LogP contribution in [0.25, 0.3) is 10.9 Å². The van der Waals surface area contributed by atoms with Crippen molar-refractivity contribution >= 4 is 40.5 Å². The predicted molar refractivity (Wildman–Crippen MR) is 135 cm³/mol. The average molecular weight is 527 g/mol. The summed E-state index contributed by atoms with van der Waals surface area (Å²) < 4.78 is 0. The van der Waals surface area contributed by atoms with Crippen LogP contribution in [0.4, 0.5) is 0 Å². The van der Waals surface area contributed by atoms with E-state index in [0.29, 0.717) is 5.69 Å². The molecule has 38 heavy (non-hydrogen) atoms. The number of rotatable bonds is 14. The van der Waals surface area contributed by atoms with Crippen LogP contribution in [-0.2, 0) is 36.8 Å². The average Bonchev–Trinajstić information content (AvgIpc) is 3.54. The Bertz CT molecular complexity index is 1290. The van der Waals surface area contributed by atoms with Gasteiger partial charge in [-0.25, -0.2) is 4.98 Å². The zero-order chi connectivity index (χ0) is 27.7. The second kappa shape index (κ2) is 13.0. The van der Waals surface area contributed by atoms with Gasteiger partial charge in [0.1, 0.15) is 18.6 Å². The maximum Gasteiger partial charge on any atom is 0.322 e. The summed E-state index contributed by atoms with van der Waals surface area (Å²) in [5, 5.41) is 17.0. The van der Waals surface area contributed by atoms with E-state index in [0.717, 1.165) is 16.5 Å². The Hall–Kier alpha value is -4.72. The molecule has 0 aliphatic rings. The quantitative estimate of drug-likeness (QED) is 0.122. The number of aromatic nitrogens is 3. The summed E-state index contributed by atoms with van der Waals surface area (Å²) in [6.45, 7) is -0.682. The van der Waals surface area contributed by atoms with Crippen LogP contribution >= 0.6 is 0 Å². The smallest absolute Gasteiger partial charge is 0.322 e. The molecule has 0 fully saturated rings. The fraction of sp³-hybridized carbons (Fsp3) is 0.333. The fourth-order valence-corrected chi connectivity index (χ4v) is 3.85. The largest absolute Gasteiger partial charge is 0.480 e. The number of imidazole rings is 1. The van der Waals surface area contributed by atoms with Crippen LogP contribution in [0.3, 0.4) is 0 Å². The van der Waals surface area contributed by atoms with E-state index in [1.807, 2.05) is 24.3 Å². The van der Waals surface area contributed by atoms with Gasteiger partial charge in [0.05, 0.1) is 12.4 Å². The number of hydrogen-bond acceptors (Lipinski definition) is 7. The zero-order valence-corrected chi connectivity index (χ0v) is 20.4. The number of amides is 4. The van der Waals surface area contributed by atoms with Gasteiger partial charge in [-0.05, 0) is 24.5 Å². The third-order valence-corrected chi connectivity index (χ3v) is 5.79. The number of primary amides is 1. The fourth-order valence-electron chi connectivity index (χ4n) is 3.85. The summed E-state index contributed by atoms with van der Waals surface area (Å²) in [5.41, 5.74) is 13.6. The first kappa shape index (κ1) is 27.9. The number of nitrogens with one attached hydrogen (secondary N) is 5. The van der Waals surface area contributed by atoms with Gasteiger partial charge < -0.3 is 42.5 Å². The number of benzene rings is 1. The van der Waals surface area contributed by atoms with Gasteiger partial charge in [-0.2, -0.15) is 0 Å². The van der Waals surface area contributed by atoms with E-state index < -0.39 is 54.3 Å². The van der Waals surface area contributed by atoms with Crippen molar-refractivity contribution in [1.82, 2.24) is 30.9 Å². The summed E-state index contributed by atoms with van der Waals surface area (Å²) in [6.07, 6.45) is 4.44. The highest BCUT2D eigenvalue weighted by atomic mass is 16.4. The number of nitrogens with zero attached hydrogens (tertiary/aromatic N) is 1. The Morgan fingerprint density at radius 2 is 1.71 bits per heavy atom. The predicted octanol–water partition coefficient (Wildman–Crippen LogP) is -1.56. The zero-order valence-electron chi connectivity index (χ0n) is 20.4. The number of H-pyrrole nitrogens is 2. The second-order valence-electron chi connectivity index (χ2n) is 8.69. The lowest BCUT2D eigenvalue weighted by Gasteiger charge is -2.23.